The van der Waals surface area contributed by atoms with Gasteiger partial charge in [-0.2, -0.15) is 0 Å². The molecule has 15 heavy (non-hydrogen) atoms. The molecule has 0 aliphatic heterocycles. The molecule has 1 aromatic rings. The number of hydrogen-bond donors (Lipinski definition) is 1. The molecular formula is C11H14BrNO2. The normalized spacial score (nSPS) is 15.3. The molecule has 1 fully saturated rings. The summed E-state index contributed by atoms with van der Waals surface area (Å²) in [6.45, 7) is 1.17. The molecule has 1 aromatic carbocycles. The number of halogens is 1. The average molecular weight is 272 g/mol. The van der Waals surface area contributed by atoms with Gasteiger partial charge in [-0.25, -0.2) is 5.90 Å². The fraction of sp³-hybridized carbons (Fsp3) is 0.455. The smallest absolute Gasteiger partial charge is 0.139 e. The van der Waals surface area contributed by atoms with Gasteiger partial charge in [-0.05, 0) is 40.8 Å². The van der Waals surface area contributed by atoms with Crippen LogP contribution in [0, 0.1) is 5.92 Å². The number of para-hydroxylation sites is 1. The molecule has 1 aliphatic rings. The predicted octanol–water partition coefficient (Wildman–Crippen LogP) is 2.63. The third-order valence-corrected chi connectivity index (χ3v) is 3.07. The minimum atomic E-state index is 0.374. The Hall–Kier alpha value is -0.580. The number of nitrogens with two attached hydrogens (primary N) is 1. The van der Waals surface area contributed by atoms with Gasteiger partial charge in [0.15, 0.2) is 0 Å². The van der Waals surface area contributed by atoms with Crippen molar-refractivity contribution in [1.29, 1.82) is 0 Å². The Morgan fingerprint density at radius 2 is 2.20 bits per heavy atom. The Morgan fingerprint density at radius 3 is 2.87 bits per heavy atom. The highest BCUT2D eigenvalue weighted by atomic mass is 79.9. The van der Waals surface area contributed by atoms with E-state index in [9.17, 15) is 0 Å². The second kappa shape index (κ2) is 4.96. The zero-order chi connectivity index (χ0) is 10.7. The van der Waals surface area contributed by atoms with Crippen LogP contribution in [0.2, 0.25) is 0 Å². The highest BCUT2D eigenvalue weighted by molar-refractivity contribution is 9.10. The van der Waals surface area contributed by atoms with Gasteiger partial charge in [-0.3, -0.25) is 4.84 Å². The molecule has 0 radical (unpaired) electrons. The molecule has 3 nitrogen and oxygen atoms in total. The monoisotopic (exact) mass is 271 g/mol. The predicted molar refractivity (Wildman–Crippen MR) is 61.3 cm³/mol. The zero-order valence-corrected chi connectivity index (χ0v) is 10.00. The summed E-state index contributed by atoms with van der Waals surface area (Å²) in [6, 6.07) is 5.87. The maximum Gasteiger partial charge on any atom is 0.139 e. The molecule has 0 amide bonds. The molecule has 2 rings (SSSR count). The molecule has 0 unspecified atom stereocenters. The first kappa shape index (κ1) is 10.9. The first-order chi connectivity index (χ1) is 7.31. The molecule has 0 atom stereocenters. The highest BCUT2D eigenvalue weighted by Gasteiger charge is 2.22. The van der Waals surface area contributed by atoms with Crippen LogP contribution in [0.15, 0.2) is 22.7 Å². The molecule has 1 saturated carbocycles. The number of rotatable bonds is 5. The third-order valence-electron chi connectivity index (χ3n) is 2.45. The minimum absolute atomic E-state index is 0.374. The first-order valence-corrected chi connectivity index (χ1v) is 5.82. The van der Waals surface area contributed by atoms with Crippen LogP contribution in [0.3, 0.4) is 0 Å². The van der Waals surface area contributed by atoms with Crippen LogP contribution in [0.4, 0.5) is 0 Å². The van der Waals surface area contributed by atoms with E-state index in [1.807, 2.05) is 18.2 Å². The van der Waals surface area contributed by atoms with Crippen LogP contribution < -0.4 is 10.6 Å². The van der Waals surface area contributed by atoms with Crippen molar-refractivity contribution in [1.82, 2.24) is 0 Å². The lowest BCUT2D eigenvalue weighted by molar-refractivity contribution is 0.121. The van der Waals surface area contributed by atoms with E-state index in [1.165, 1.54) is 12.8 Å². The van der Waals surface area contributed by atoms with E-state index in [1.54, 1.807) is 0 Å². The molecule has 0 heterocycles. The van der Waals surface area contributed by atoms with Crippen LogP contribution in [-0.2, 0) is 11.4 Å². The summed E-state index contributed by atoms with van der Waals surface area (Å²) in [4.78, 5) is 4.65. The van der Waals surface area contributed by atoms with E-state index in [2.05, 4.69) is 20.8 Å². The van der Waals surface area contributed by atoms with Crippen molar-refractivity contribution in [3.05, 3.63) is 28.2 Å². The van der Waals surface area contributed by atoms with Crippen LogP contribution in [0.1, 0.15) is 18.4 Å². The molecular weight excluding hydrogens is 258 g/mol. The summed E-state index contributed by atoms with van der Waals surface area (Å²) in [6.07, 6.45) is 2.57. The van der Waals surface area contributed by atoms with Gasteiger partial charge < -0.3 is 4.74 Å². The third kappa shape index (κ3) is 2.93. The van der Waals surface area contributed by atoms with Crippen molar-refractivity contribution in [2.24, 2.45) is 11.8 Å². The van der Waals surface area contributed by atoms with Gasteiger partial charge in [0.25, 0.3) is 0 Å². The molecule has 82 valence electrons. The lowest BCUT2D eigenvalue weighted by Crippen LogP contribution is -2.05. The van der Waals surface area contributed by atoms with E-state index >= 15 is 0 Å². The molecule has 2 N–H and O–H groups in total. The van der Waals surface area contributed by atoms with E-state index in [4.69, 9.17) is 10.6 Å². The summed E-state index contributed by atoms with van der Waals surface area (Å²) in [5, 5.41) is 0. The van der Waals surface area contributed by atoms with Crippen molar-refractivity contribution >= 4 is 15.9 Å². The number of benzene rings is 1. The quantitative estimate of drug-likeness (QED) is 0.838. The summed E-state index contributed by atoms with van der Waals surface area (Å²) in [7, 11) is 0. The summed E-state index contributed by atoms with van der Waals surface area (Å²) >= 11 is 3.47. The van der Waals surface area contributed by atoms with E-state index in [0.29, 0.717) is 6.61 Å². The summed E-state index contributed by atoms with van der Waals surface area (Å²) < 4.78 is 6.72. The fourth-order valence-corrected chi connectivity index (χ4v) is 1.93. The first-order valence-electron chi connectivity index (χ1n) is 5.03. The number of ether oxygens (including phenoxy) is 1. The lowest BCUT2D eigenvalue weighted by atomic mass is 10.2. The van der Waals surface area contributed by atoms with Gasteiger partial charge in [-0.1, -0.05) is 12.1 Å². The van der Waals surface area contributed by atoms with Crippen molar-refractivity contribution < 1.29 is 9.57 Å². The second-order valence-corrected chi connectivity index (χ2v) is 4.65. The van der Waals surface area contributed by atoms with E-state index in [-0.39, 0.29) is 0 Å². The van der Waals surface area contributed by atoms with Gasteiger partial charge in [0.2, 0.25) is 0 Å². The van der Waals surface area contributed by atoms with E-state index < -0.39 is 0 Å². The van der Waals surface area contributed by atoms with Crippen LogP contribution in [0.5, 0.6) is 5.75 Å². The van der Waals surface area contributed by atoms with Crippen molar-refractivity contribution in [2.45, 2.75) is 19.4 Å². The maximum atomic E-state index is 5.76. The molecule has 0 bridgehead atoms. The van der Waals surface area contributed by atoms with Gasteiger partial charge in [0, 0.05) is 5.56 Å². The Bertz CT molecular complexity index is 339. The van der Waals surface area contributed by atoms with Gasteiger partial charge >= 0.3 is 0 Å². The van der Waals surface area contributed by atoms with Gasteiger partial charge in [0.05, 0.1) is 17.7 Å². The average Bonchev–Trinajstić information content (AvgIpc) is 3.01. The lowest BCUT2D eigenvalue weighted by Gasteiger charge is -2.12. The SMILES string of the molecule is NOCc1cccc(Br)c1OCC1CC1. The zero-order valence-electron chi connectivity index (χ0n) is 8.41. The van der Waals surface area contributed by atoms with Crippen LogP contribution >= 0.6 is 15.9 Å². The second-order valence-electron chi connectivity index (χ2n) is 3.79. The van der Waals surface area contributed by atoms with Crippen LogP contribution in [0.25, 0.3) is 0 Å². The molecule has 1 aliphatic carbocycles. The number of hydrogen-bond acceptors (Lipinski definition) is 3. The Kier molecular flexibility index (Phi) is 3.61. The summed E-state index contributed by atoms with van der Waals surface area (Å²) in [5.41, 5.74) is 0.979. The van der Waals surface area contributed by atoms with Crippen LogP contribution in [-0.4, -0.2) is 6.61 Å². The Morgan fingerprint density at radius 1 is 1.40 bits per heavy atom. The Labute approximate surface area is 97.6 Å². The highest BCUT2D eigenvalue weighted by Crippen LogP contribution is 2.33. The summed E-state index contributed by atoms with van der Waals surface area (Å²) in [5.74, 6) is 6.67. The van der Waals surface area contributed by atoms with E-state index in [0.717, 1.165) is 28.3 Å². The Balaban J connectivity index is 2.09. The van der Waals surface area contributed by atoms with Crippen molar-refractivity contribution in [2.75, 3.05) is 6.61 Å². The van der Waals surface area contributed by atoms with Gasteiger partial charge in [-0.15, -0.1) is 0 Å². The maximum absolute atomic E-state index is 5.76. The largest absolute Gasteiger partial charge is 0.492 e. The molecule has 0 aromatic heterocycles. The van der Waals surface area contributed by atoms with Crippen molar-refractivity contribution in [3.8, 4) is 5.75 Å². The minimum Gasteiger partial charge on any atom is -0.492 e. The molecule has 0 spiro atoms. The standard InChI is InChI=1S/C11H14BrNO2/c12-10-3-1-2-9(7-15-13)11(10)14-6-8-4-5-8/h1-3,8H,4-7,13H2. The van der Waals surface area contributed by atoms with Gasteiger partial charge in [0.1, 0.15) is 5.75 Å². The van der Waals surface area contributed by atoms with Crippen molar-refractivity contribution in [3.63, 3.8) is 0 Å². The molecule has 4 heteroatoms. The fourth-order valence-electron chi connectivity index (χ4n) is 1.40. The molecule has 0 saturated heterocycles. The topological polar surface area (TPSA) is 44.5 Å².